The summed E-state index contributed by atoms with van der Waals surface area (Å²) < 4.78 is 26.1. The number of halogens is 2. The van der Waals surface area contributed by atoms with Crippen LogP contribution in [0.5, 0.6) is 0 Å². The van der Waals surface area contributed by atoms with Crippen molar-refractivity contribution in [3.05, 3.63) is 57.8 Å². The number of thiophene rings is 1. The molecule has 0 saturated heterocycles. The number of rotatable bonds is 6. The molecule has 2 nitrogen and oxygen atoms in total. The van der Waals surface area contributed by atoms with E-state index in [-0.39, 0.29) is 17.8 Å². The molecule has 0 atom stereocenters. The minimum Gasteiger partial charge on any atom is -0.302 e. The highest BCUT2D eigenvalue weighted by atomic mass is 32.1. The summed E-state index contributed by atoms with van der Waals surface area (Å²) in [6.45, 7) is 1.31. The number of ketones is 1. The maximum Gasteiger partial charge on any atom is 0.164 e. The van der Waals surface area contributed by atoms with E-state index in [1.54, 1.807) is 11.3 Å². The van der Waals surface area contributed by atoms with Gasteiger partial charge in [0.2, 0.25) is 0 Å². The van der Waals surface area contributed by atoms with E-state index in [4.69, 9.17) is 0 Å². The second-order valence-electron chi connectivity index (χ2n) is 4.70. The van der Waals surface area contributed by atoms with Crippen molar-refractivity contribution in [3.63, 3.8) is 0 Å². The minimum atomic E-state index is -0.722. The van der Waals surface area contributed by atoms with Crippen LogP contribution < -0.4 is 0 Å². The molecule has 0 aliphatic rings. The van der Waals surface area contributed by atoms with Gasteiger partial charge in [0.1, 0.15) is 11.6 Å². The second kappa shape index (κ2) is 6.72. The SMILES string of the molecule is CN(CCC(=O)c1cc(F)cc(F)c1)Cc1ccsc1. The van der Waals surface area contributed by atoms with Gasteiger partial charge in [0, 0.05) is 31.1 Å². The summed E-state index contributed by atoms with van der Waals surface area (Å²) in [6, 6.07) is 4.94. The molecule has 0 aliphatic heterocycles. The topological polar surface area (TPSA) is 20.3 Å². The van der Waals surface area contributed by atoms with E-state index >= 15 is 0 Å². The Kier molecular flexibility index (Phi) is 4.98. The van der Waals surface area contributed by atoms with Crippen LogP contribution in [0.1, 0.15) is 22.3 Å². The molecule has 1 aromatic carbocycles. The Morgan fingerprint density at radius 1 is 1.25 bits per heavy atom. The lowest BCUT2D eigenvalue weighted by Gasteiger charge is -2.15. The fourth-order valence-corrected chi connectivity index (χ4v) is 2.58. The Morgan fingerprint density at radius 3 is 2.55 bits per heavy atom. The van der Waals surface area contributed by atoms with Gasteiger partial charge >= 0.3 is 0 Å². The molecule has 0 amide bonds. The quantitative estimate of drug-likeness (QED) is 0.757. The molecule has 106 valence electrons. The van der Waals surface area contributed by atoms with Crippen LogP contribution in [-0.4, -0.2) is 24.3 Å². The Balaban J connectivity index is 1.88. The van der Waals surface area contributed by atoms with Crippen molar-refractivity contribution in [2.45, 2.75) is 13.0 Å². The largest absolute Gasteiger partial charge is 0.302 e. The highest BCUT2D eigenvalue weighted by molar-refractivity contribution is 7.07. The first kappa shape index (κ1) is 14.8. The van der Waals surface area contributed by atoms with Crippen molar-refractivity contribution in [3.8, 4) is 0 Å². The van der Waals surface area contributed by atoms with E-state index in [2.05, 4.69) is 5.38 Å². The van der Waals surface area contributed by atoms with Crippen molar-refractivity contribution in [2.24, 2.45) is 0 Å². The van der Waals surface area contributed by atoms with Crippen molar-refractivity contribution >= 4 is 17.1 Å². The molecule has 2 aromatic rings. The summed E-state index contributed by atoms with van der Waals surface area (Å²) in [5, 5.41) is 4.06. The number of Topliss-reactive ketones (excluding diaryl/α,β-unsaturated/α-hetero) is 1. The lowest BCUT2D eigenvalue weighted by Crippen LogP contribution is -2.21. The maximum atomic E-state index is 13.0. The normalized spacial score (nSPS) is 11.0. The van der Waals surface area contributed by atoms with Crippen LogP contribution in [0.2, 0.25) is 0 Å². The smallest absolute Gasteiger partial charge is 0.164 e. The fourth-order valence-electron chi connectivity index (χ4n) is 1.92. The average Bonchev–Trinajstić information content (AvgIpc) is 2.87. The number of nitrogens with zero attached hydrogens (tertiary/aromatic N) is 1. The summed E-state index contributed by atoms with van der Waals surface area (Å²) >= 11 is 1.63. The van der Waals surface area contributed by atoms with Crippen molar-refractivity contribution in [1.29, 1.82) is 0 Å². The van der Waals surface area contributed by atoms with Crippen LogP contribution in [0.25, 0.3) is 0 Å². The third-order valence-corrected chi connectivity index (χ3v) is 3.67. The molecule has 1 aromatic heterocycles. The van der Waals surface area contributed by atoms with Gasteiger partial charge in [-0.3, -0.25) is 4.79 Å². The molecule has 0 bridgehead atoms. The first-order valence-electron chi connectivity index (χ1n) is 6.23. The van der Waals surface area contributed by atoms with Gasteiger partial charge in [-0.05, 0) is 41.6 Å². The number of carbonyl (C=O) groups excluding carboxylic acids is 1. The van der Waals surface area contributed by atoms with E-state index in [0.717, 1.165) is 24.7 Å². The van der Waals surface area contributed by atoms with E-state index in [1.165, 1.54) is 5.56 Å². The zero-order chi connectivity index (χ0) is 14.5. The number of carbonyl (C=O) groups is 1. The van der Waals surface area contributed by atoms with Crippen LogP contribution in [-0.2, 0) is 6.54 Å². The Hall–Kier alpha value is -1.59. The van der Waals surface area contributed by atoms with Gasteiger partial charge in [-0.15, -0.1) is 0 Å². The van der Waals surface area contributed by atoms with Crippen molar-refractivity contribution in [1.82, 2.24) is 4.90 Å². The van der Waals surface area contributed by atoms with Crippen LogP contribution in [0, 0.1) is 11.6 Å². The molecule has 0 aliphatic carbocycles. The lowest BCUT2D eigenvalue weighted by atomic mass is 10.1. The van der Waals surface area contributed by atoms with Crippen molar-refractivity contribution < 1.29 is 13.6 Å². The molecule has 0 saturated carbocycles. The van der Waals surface area contributed by atoms with E-state index in [9.17, 15) is 13.6 Å². The molecule has 0 radical (unpaired) electrons. The molecular weight excluding hydrogens is 280 g/mol. The van der Waals surface area contributed by atoms with Gasteiger partial charge in [0.15, 0.2) is 5.78 Å². The van der Waals surface area contributed by atoms with Crippen LogP contribution >= 0.6 is 11.3 Å². The van der Waals surface area contributed by atoms with Gasteiger partial charge in [-0.2, -0.15) is 11.3 Å². The predicted octanol–water partition coefficient (Wildman–Crippen LogP) is 3.73. The number of benzene rings is 1. The lowest BCUT2D eigenvalue weighted by molar-refractivity contribution is 0.0967. The van der Waals surface area contributed by atoms with E-state index in [0.29, 0.717) is 6.54 Å². The third-order valence-electron chi connectivity index (χ3n) is 2.94. The Bertz CT molecular complexity index is 563. The van der Waals surface area contributed by atoms with Gasteiger partial charge in [0.05, 0.1) is 0 Å². The summed E-state index contributed by atoms with van der Waals surface area (Å²) in [7, 11) is 1.91. The first-order valence-corrected chi connectivity index (χ1v) is 7.18. The summed E-state index contributed by atoms with van der Waals surface area (Å²) in [5.74, 6) is -1.69. The first-order chi connectivity index (χ1) is 9.54. The molecule has 0 fully saturated rings. The second-order valence-corrected chi connectivity index (χ2v) is 5.48. The van der Waals surface area contributed by atoms with Gasteiger partial charge in [-0.25, -0.2) is 8.78 Å². The minimum absolute atomic E-state index is 0.0893. The van der Waals surface area contributed by atoms with E-state index in [1.807, 2.05) is 23.4 Å². The molecule has 5 heteroatoms. The summed E-state index contributed by atoms with van der Waals surface area (Å²) in [4.78, 5) is 13.9. The third kappa shape index (κ3) is 4.21. The standard InChI is InChI=1S/C15H15F2NOS/c1-18(9-11-3-5-20-10-11)4-2-15(19)12-6-13(16)8-14(17)7-12/h3,5-8,10H,2,4,9H2,1H3. The van der Waals surface area contributed by atoms with Crippen LogP contribution in [0.15, 0.2) is 35.0 Å². The highest BCUT2D eigenvalue weighted by Crippen LogP contribution is 2.12. The predicted molar refractivity (Wildman–Crippen MR) is 76.0 cm³/mol. The van der Waals surface area contributed by atoms with Gasteiger partial charge in [-0.1, -0.05) is 0 Å². The molecule has 20 heavy (non-hydrogen) atoms. The van der Waals surface area contributed by atoms with E-state index < -0.39 is 11.6 Å². The zero-order valence-corrected chi connectivity index (χ0v) is 11.9. The molecule has 1 heterocycles. The van der Waals surface area contributed by atoms with Crippen LogP contribution in [0.4, 0.5) is 8.78 Å². The Labute approximate surface area is 120 Å². The summed E-state index contributed by atoms with van der Waals surface area (Å²) in [6.07, 6.45) is 0.240. The monoisotopic (exact) mass is 295 g/mol. The molecule has 0 N–H and O–H groups in total. The van der Waals surface area contributed by atoms with Crippen molar-refractivity contribution in [2.75, 3.05) is 13.6 Å². The molecule has 0 unspecified atom stereocenters. The molecule has 2 rings (SSSR count). The van der Waals surface area contributed by atoms with Gasteiger partial charge < -0.3 is 4.90 Å². The molecule has 0 spiro atoms. The number of hydrogen-bond acceptors (Lipinski definition) is 3. The maximum absolute atomic E-state index is 13.0. The molecular formula is C15H15F2NOS. The number of hydrogen-bond donors (Lipinski definition) is 0. The Morgan fingerprint density at radius 2 is 1.95 bits per heavy atom. The summed E-state index contributed by atoms with van der Waals surface area (Å²) in [5.41, 5.74) is 1.29. The highest BCUT2D eigenvalue weighted by Gasteiger charge is 2.10. The fraction of sp³-hybridized carbons (Fsp3) is 0.267. The van der Waals surface area contributed by atoms with Crippen LogP contribution in [0.3, 0.4) is 0 Å². The zero-order valence-electron chi connectivity index (χ0n) is 11.1. The average molecular weight is 295 g/mol. The van der Waals surface area contributed by atoms with Gasteiger partial charge in [0.25, 0.3) is 0 Å².